The second kappa shape index (κ2) is 5.43. The van der Waals surface area contributed by atoms with Gasteiger partial charge in [-0.05, 0) is 22.3 Å². The van der Waals surface area contributed by atoms with Gasteiger partial charge in [-0.2, -0.15) is 0 Å². The Kier molecular flexibility index (Phi) is 3.28. The van der Waals surface area contributed by atoms with Crippen molar-refractivity contribution in [1.29, 1.82) is 0 Å². The molecule has 0 unspecified atom stereocenters. The van der Waals surface area contributed by atoms with Crippen molar-refractivity contribution < 1.29 is 4.74 Å². The van der Waals surface area contributed by atoms with Gasteiger partial charge in [0.25, 0.3) is 0 Å². The van der Waals surface area contributed by atoms with Crippen LogP contribution in [0.4, 0.5) is 0 Å². The third kappa shape index (κ3) is 2.15. The number of fused-ring (bicyclic) bond motifs is 1. The van der Waals surface area contributed by atoms with Gasteiger partial charge in [-0.25, -0.2) is 0 Å². The third-order valence-corrected chi connectivity index (χ3v) is 4.46. The lowest BCUT2D eigenvalue weighted by atomic mass is 9.81. The van der Waals surface area contributed by atoms with Gasteiger partial charge in [0.1, 0.15) is 5.60 Å². The Labute approximate surface area is 131 Å². The summed E-state index contributed by atoms with van der Waals surface area (Å²) in [4.78, 5) is 0. The number of hydrogen-bond donors (Lipinski definition) is 0. The average Bonchev–Trinajstić information content (AvgIpc) is 2.97. The molecule has 108 valence electrons. The van der Waals surface area contributed by atoms with E-state index in [2.05, 4.69) is 84.9 Å². The van der Waals surface area contributed by atoms with Gasteiger partial charge in [0.2, 0.25) is 0 Å². The Hall–Kier alpha value is -2.38. The van der Waals surface area contributed by atoms with E-state index in [1.807, 2.05) is 0 Å². The summed E-state index contributed by atoms with van der Waals surface area (Å²) in [6.07, 6.45) is 0.856. The minimum atomic E-state index is -0.376. The Morgan fingerprint density at radius 1 is 0.727 bits per heavy atom. The second-order valence-electron chi connectivity index (χ2n) is 5.80. The largest absolute Gasteiger partial charge is 0.360 e. The highest BCUT2D eigenvalue weighted by molar-refractivity contribution is 5.45. The molecule has 4 rings (SSSR count). The normalized spacial score (nSPS) is 19.8. The molecule has 1 aliphatic rings. The van der Waals surface area contributed by atoms with Crippen molar-refractivity contribution in [3.8, 4) is 0 Å². The summed E-state index contributed by atoms with van der Waals surface area (Å²) in [5.41, 5.74) is 4.73. The van der Waals surface area contributed by atoms with Crippen molar-refractivity contribution in [1.82, 2.24) is 0 Å². The summed E-state index contributed by atoms with van der Waals surface area (Å²) in [5.74, 6) is 0. The molecule has 0 saturated heterocycles. The average molecular weight is 286 g/mol. The van der Waals surface area contributed by atoms with Crippen LogP contribution in [0.5, 0.6) is 0 Å². The van der Waals surface area contributed by atoms with E-state index in [4.69, 9.17) is 4.74 Å². The standard InChI is InChI=1S/C21H18O/c1-3-9-17(10-4-1)15-21(19-12-5-2-6-13-19)20-14-8-7-11-18(20)16-22-21/h1-14H,15-16H2/t21-/m1/s1. The molecule has 0 bridgehead atoms. The SMILES string of the molecule is c1ccc(C[C@]2(c3ccccc3)OCc3ccccc32)cc1. The number of ether oxygens (including phenoxy) is 1. The summed E-state index contributed by atoms with van der Waals surface area (Å²) >= 11 is 0. The molecule has 3 aromatic carbocycles. The van der Waals surface area contributed by atoms with Crippen LogP contribution in [0.15, 0.2) is 84.9 Å². The van der Waals surface area contributed by atoms with Gasteiger partial charge in [-0.3, -0.25) is 0 Å². The van der Waals surface area contributed by atoms with E-state index in [1.54, 1.807) is 0 Å². The molecule has 1 atom stereocenters. The van der Waals surface area contributed by atoms with Crippen LogP contribution in [-0.2, 0) is 23.4 Å². The zero-order valence-corrected chi connectivity index (χ0v) is 12.4. The molecule has 0 saturated carbocycles. The summed E-state index contributed by atoms with van der Waals surface area (Å²) in [6, 6.07) is 29.7. The maximum atomic E-state index is 6.40. The van der Waals surface area contributed by atoms with Gasteiger partial charge >= 0.3 is 0 Å². The van der Waals surface area contributed by atoms with E-state index in [1.165, 1.54) is 22.3 Å². The highest BCUT2D eigenvalue weighted by atomic mass is 16.5. The van der Waals surface area contributed by atoms with Gasteiger partial charge < -0.3 is 4.74 Å². The predicted molar refractivity (Wildman–Crippen MR) is 88.6 cm³/mol. The van der Waals surface area contributed by atoms with Gasteiger partial charge in [0, 0.05) is 6.42 Å². The van der Waals surface area contributed by atoms with Gasteiger partial charge in [0.15, 0.2) is 0 Å². The molecule has 0 amide bonds. The monoisotopic (exact) mass is 286 g/mol. The van der Waals surface area contributed by atoms with E-state index in [0.717, 1.165) is 6.42 Å². The summed E-state index contributed by atoms with van der Waals surface area (Å²) < 4.78 is 6.40. The molecule has 1 heterocycles. The summed E-state index contributed by atoms with van der Waals surface area (Å²) in [6.45, 7) is 0.678. The van der Waals surface area contributed by atoms with Gasteiger partial charge in [-0.1, -0.05) is 84.9 Å². The lowest BCUT2D eigenvalue weighted by Crippen LogP contribution is -2.29. The molecule has 22 heavy (non-hydrogen) atoms. The van der Waals surface area contributed by atoms with Crippen LogP contribution < -0.4 is 0 Å². The molecule has 0 aromatic heterocycles. The van der Waals surface area contributed by atoms with Crippen LogP contribution in [0.1, 0.15) is 22.3 Å². The zero-order chi connectivity index (χ0) is 14.8. The number of benzene rings is 3. The topological polar surface area (TPSA) is 9.23 Å². The molecule has 1 heteroatoms. The van der Waals surface area contributed by atoms with Crippen LogP contribution >= 0.6 is 0 Å². The van der Waals surface area contributed by atoms with Crippen molar-refractivity contribution in [3.05, 3.63) is 107 Å². The van der Waals surface area contributed by atoms with E-state index < -0.39 is 0 Å². The summed E-state index contributed by atoms with van der Waals surface area (Å²) in [7, 11) is 0. The fourth-order valence-corrected chi connectivity index (χ4v) is 3.40. The van der Waals surface area contributed by atoms with E-state index in [-0.39, 0.29) is 5.60 Å². The Balaban J connectivity index is 1.87. The molecular formula is C21H18O. The minimum Gasteiger partial charge on any atom is -0.360 e. The molecule has 3 aromatic rings. The Morgan fingerprint density at radius 3 is 2.14 bits per heavy atom. The molecular weight excluding hydrogens is 268 g/mol. The number of hydrogen-bond acceptors (Lipinski definition) is 1. The smallest absolute Gasteiger partial charge is 0.123 e. The van der Waals surface area contributed by atoms with E-state index >= 15 is 0 Å². The van der Waals surface area contributed by atoms with Crippen LogP contribution in [0.2, 0.25) is 0 Å². The highest BCUT2D eigenvalue weighted by Crippen LogP contribution is 2.44. The van der Waals surface area contributed by atoms with Gasteiger partial charge in [0.05, 0.1) is 6.61 Å². The van der Waals surface area contributed by atoms with Crippen LogP contribution in [-0.4, -0.2) is 0 Å². The first-order valence-corrected chi connectivity index (χ1v) is 7.70. The molecule has 0 fully saturated rings. The van der Waals surface area contributed by atoms with E-state index in [0.29, 0.717) is 6.61 Å². The van der Waals surface area contributed by atoms with Crippen LogP contribution in [0.3, 0.4) is 0 Å². The predicted octanol–water partition coefficient (Wildman–Crippen LogP) is 4.70. The molecule has 1 nitrogen and oxygen atoms in total. The third-order valence-electron chi connectivity index (χ3n) is 4.46. The summed E-state index contributed by atoms with van der Waals surface area (Å²) in [5, 5.41) is 0. The van der Waals surface area contributed by atoms with Crippen LogP contribution in [0.25, 0.3) is 0 Å². The van der Waals surface area contributed by atoms with Crippen molar-refractivity contribution in [2.24, 2.45) is 0 Å². The molecule has 0 radical (unpaired) electrons. The van der Waals surface area contributed by atoms with Crippen molar-refractivity contribution >= 4 is 0 Å². The lowest BCUT2D eigenvalue weighted by molar-refractivity contribution is -0.00492. The number of rotatable bonds is 3. The maximum absolute atomic E-state index is 6.40. The van der Waals surface area contributed by atoms with Crippen molar-refractivity contribution in [2.45, 2.75) is 18.6 Å². The molecule has 0 spiro atoms. The van der Waals surface area contributed by atoms with Crippen molar-refractivity contribution in [2.75, 3.05) is 0 Å². The Bertz CT molecular complexity index is 764. The highest BCUT2D eigenvalue weighted by Gasteiger charge is 2.41. The first-order chi connectivity index (χ1) is 10.9. The first kappa shape index (κ1) is 13.3. The zero-order valence-electron chi connectivity index (χ0n) is 12.4. The lowest BCUT2D eigenvalue weighted by Gasteiger charge is -2.30. The first-order valence-electron chi connectivity index (χ1n) is 7.70. The Morgan fingerprint density at radius 2 is 1.36 bits per heavy atom. The van der Waals surface area contributed by atoms with Crippen LogP contribution in [0, 0.1) is 0 Å². The fraction of sp³-hybridized carbons (Fsp3) is 0.143. The van der Waals surface area contributed by atoms with E-state index in [9.17, 15) is 0 Å². The molecule has 1 aliphatic heterocycles. The van der Waals surface area contributed by atoms with Crippen molar-refractivity contribution in [3.63, 3.8) is 0 Å². The second-order valence-corrected chi connectivity index (χ2v) is 5.80. The fourth-order valence-electron chi connectivity index (χ4n) is 3.40. The quantitative estimate of drug-likeness (QED) is 0.678. The maximum Gasteiger partial charge on any atom is 0.123 e. The minimum absolute atomic E-state index is 0.376. The molecule has 0 aliphatic carbocycles. The van der Waals surface area contributed by atoms with Gasteiger partial charge in [-0.15, -0.1) is 0 Å². The molecule has 0 N–H and O–H groups in total.